The second-order valence-electron chi connectivity index (χ2n) is 5.72. The first kappa shape index (κ1) is 15.2. The van der Waals surface area contributed by atoms with Gasteiger partial charge >= 0.3 is 5.97 Å². The molecule has 1 aromatic heterocycles. The molecule has 1 saturated heterocycles. The van der Waals surface area contributed by atoms with Crippen LogP contribution in [0.1, 0.15) is 35.5 Å². The van der Waals surface area contributed by atoms with Crippen molar-refractivity contribution in [1.29, 1.82) is 0 Å². The van der Waals surface area contributed by atoms with Gasteiger partial charge in [0.05, 0.1) is 10.7 Å². The third-order valence-corrected chi connectivity index (χ3v) is 4.96. The van der Waals surface area contributed by atoms with Crippen LogP contribution in [-0.4, -0.2) is 33.5 Å². The van der Waals surface area contributed by atoms with Gasteiger partial charge in [0.25, 0.3) is 0 Å². The highest BCUT2D eigenvalue weighted by molar-refractivity contribution is 7.09. The number of aliphatic carboxylic acids is 1. The lowest BCUT2D eigenvalue weighted by atomic mass is 10.0. The normalized spacial score (nSPS) is 19.2. The number of rotatable bonds is 5. The highest BCUT2D eigenvalue weighted by Crippen LogP contribution is 2.21. The Labute approximate surface area is 134 Å². The average Bonchev–Trinajstić information content (AvgIpc) is 2.96. The summed E-state index contributed by atoms with van der Waals surface area (Å²) in [4.78, 5) is 18.1. The van der Waals surface area contributed by atoms with Crippen LogP contribution in [0.2, 0.25) is 0 Å². The summed E-state index contributed by atoms with van der Waals surface area (Å²) < 4.78 is 0. The minimum absolute atomic E-state index is 0.354. The van der Waals surface area contributed by atoms with Crippen molar-refractivity contribution in [1.82, 2.24) is 9.88 Å². The van der Waals surface area contributed by atoms with Gasteiger partial charge in [0.15, 0.2) is 0 Å². The fourth-order valence-corrected chi connectivity index (χ4v) is 3.76. The number of thiazole rings is 1. The third kappa shape index (κ3) is 3.72. The molecule has 1 aliphatic rings. The van der Waals surface area contributed by atoms with Crippen molar-refractivity contribution in [2.45, 2.75) is 38.3 Å². The molecule has 22 heavy (non-hydrogen) atoms. The number of likely N-dealkylation sites (tertiary alicyclic amines) is 1. The van der Waals surface area contributed by atoms with E-state index in [1.54, 1.807) is 11.3 Å². The van der Waals surface area contributed by atoms with Crippen LogP contribution < -0.4 is 0 Å². The van der Waals surface area contributed by atoms with E-state index in [1.807, 2.05) is 23.1 Å². The molecule has 1 atom stereocenters. The molecule has 1 fully saturated rings. The molecule has 0 aliphatic carbocycles. The second kappa shape index (κ2) is 7.03. The Morgan fingerprint density at radius 2 is 2.14 bits per heavy atom. The molecule has 2 heterocycles. The van der Waals surface area contributed by atoms with Crippen LogP contribution in [-0.2, 0) is 17.8 Å². The molecule has 0 radical (unpaired) electrons. The lowest BCUT2D eigenvalue weighted by molar-refractivity contribution is -0.144. The van der Waals surface area contributed by atoms with Crippen LogP contribution in [0.3, 0.4) is 0 Å². The highest BCUT2D eigenvalue weighted by atomic mass is 32.1. The lowest BCUT2D eigenvalue weighted by Crippen LogP contribution is -2.44. The van der Waals surface area contributed by atoms with Crippen LogP contribution in [0.4, 0.5) is 0 Å². The maximum Gasteiger partial charge on any atom is 0.320 e. The SMILES string of the molecule is O=C(O)C1CCCCN1Cc1csc(Cc2ccccc2)n1. The minimum atomic E-state index is -0.709. The molecule has 1 aliphatic heterocycles. The van der Waals surface area contributed by atoms with Crippen molar-refractivity contribution in [3.05, 3.63) is 52.0 Å². The topological polar surface area (TPSA) is 53.4 Å². The second-order valence-corrected chi connectivity index (χ2v) is 6.66. The molecule has 3 rings (SSSR count). The first-order valence-electron chi connectivity index (χ1n) is 7.66. The summed E-state index contributed by atoms with van der Waals surface area (Å²) in [5.74, 6) is -0.709. The van der Waals surface area contributed by atoms with Crippen LogP contribution in [0.5, 0.6) is 0 Å². The van der Waals surface area contributed by atoms with E-state index in [9.17, 15) is 9.90 Å². The molecule has 5 heteroatoms. The summed E-state index contributed by atoms with van der Waals surface area (Å²) in [6.07, 6.45) is 3.67. The zero-order valence-corrected chi connectivity index (χ0v) is 13.3. The maximum absolute atomic E-state index is 11.3. The van der Waals surface area contributed by atoms with Gasteiger partial charge in [0.1, 0.15) is 6.04 Å². The summed E-state index contributed by atoms with van der Waals surface area (Å²) in [5, 5.41) is 12.5. The molecule has 0 bridgehead atoms. The Kier molecular flexibility index (Phi) is 4.85. The Morgan fingerprint density at radius 3 is 2.91 bits per heavy atom. The average molecular weight is 316 g/mol. The van der Waals surface area contributed by atoms with Gasteiger partial charge in [-0.1, -0.05) is 36.8 Å². The van der Waals surface area contributed by atoms with Gasteiger partial charge in [0, 0.05) is 18.3 Å². The van der Waals surface area contributed by atoms with E-state index in [4.69, 9.17) is 0 Å². The number of carboxylic acid groups (broad SMARTS) is 1. The molecule has 116 valence electrons. The largest absolute Gasteiger partial charge is 0.480 e. The molecular formula is C17H20N2O2S. The zero-order valence-electron chi connectivity index (χ0n) is 12.4. The van der Waals surface area contributed by atoms with Gasteiger partial charge in [-0.05, 0) is 24.9 Å². The van der Waals surface area contributed by atoms with E-state index in [-0.39, 0.29) is 6.04 Å². The number of aromatic nitrogens is 1. The van der Waals surface area contributed by atoms with Gasteiger partial charge in [0.2, 0.25) is 0 Å². The van der Waals surface area contributed by atoms with Crippen LogP contribution in [0.25, 0.3) is 0 Å². The Balaban J connectivity index is 1.65. The van der Waals surface area contributed by atoms with E-state index in [0.717, 1.165) is 42.9 Å². The van der Waals surface area contributed by atoms with Crippen LogP contribution >= 0.6 is 11.3 Å². The summed E-state index contributed by atoms with van der Waals surface area (Å²) >= 11 is 1.66. The third-order valence-electron chi connectivity index (χ3n) is 4.06. The first-order chi connectivity index (χ1) is 10.7. The molecule has 1 N–H and O–H groups in total. The quantitative estimate of drug-likeness (QED) is 0.920. The number of hydrogen-bond acceptors (Lipinski definition) is 4. The maximum atomic E-state index is 11.3. The molecule has 0 spiro atoms. The van der Waals surface area contributed by atoms with Crippen molar-refractivity contribution in [3.63, 3.8) is 0 Å². The molecule has 4 nitrogen and oxygen atoms in total. The molecule has 1 aromatic carbocycles. The van der Waals surface area contributed by atoms with Gasteiger partial charge < -0.3 is 5.11 Å². The van der Waals surface area contributed by atoms with Crippen LogP contribution in [0, 0.1) is 0 Å². The number of nitrogens with zero attached hydrogens (tertiary/aromatic N) is 2. The number of piperidine rings is 1. The highest BCUT2D eigenvalue weighted by Gasteiger charge is 2.28. The van der Waals surface area contributed by atoms with Gasteiger partial charge in [-0.15, -0.1) is 11.3 Å². The number of carbonyl (C=O) groups is 1. The van der Waals surface area contributed by atoms with Crippen LogP contribution in [0.15, 0.2) is 35.7 Å². The summed E-state index contributed by atoms with van der Waals surface area (Å²) in [6.45, 7) is 1.49. The smallest absolute Gasteiger partial charge is 0.320 e. The van der Waals surface area contributed by atoms with Crippen molar-refractivity contribution >= 4 is 17.3 Å². The van der Waals surface area contributed by atoms with Crippen molar-refractivity contribution in [2.75, 3.05) is 6.54 Å². The standard InChI is InChI=1S/C17H20N2O2S/c20-17(21)15-8-4-5-9-19(15)11-14-12-22-16(18-14)10-13-6-2-1-3-7-13/h1-3,6-7,12,15H,4-5,8-11H2,(H,20,21). The van der Waals surface area contributed by atoms with E-state index in [2.05, 4.69) is 22.5 Å². The fraction of sp³-hybridized carbons (Fsp3) is 0.412. The zero-order chi connectivity index (χ0) is 15.4. The Morgan fingerprint density at radius 1 is 1.32 bits per heavy atom. The van der Waals surface area contributed by atoms with Gasteiger partial charge in [-0.2, -0.15) is 0 Å². The number of carboxylic acids is 1. The number of benzene rings is 1. The fourth-order valence-electron chi connectivity index (χ4n) is 2.94. The predicted octanol–water partition coefficient (Wildman–Crippen LogP) is 3.17. The Bertz CT molecular complexity index is 627. The van der Waals surface area contributed by atoms with E-state index in [1.165, 1.54) is 5.56 Å². The Hall–Kier alpha value is -1.72. The predicted molar refractivity (Wildman–Crippen MR) is 87.0 cm³/mol. The molecular weight excluding hydrogens is 296 g/mol. The van der Waals surface area contributed by atoms with Crippen molar-refractivity contribution < 1.29 is 9.90 Å². The van der Waals surface area contributed by atoms with E-state index >= 15 is 0 Å². The monoisotopic (exact) mass is 316 g/mol. The van der Waals surface area contributed by atoms with Gasteiger partial charge in [-0.3, -0.25) is 9.69 Å². The van der Waals surface area contributed by atoms with Crippen molar-refractivity contribution in [3.8, 4) is 0 Å². The first-order valence-corrected chi connectivity index (χ1v) is 8.54. The van der Waals surface area contributed by atoms with E-state index < -0.39 is 5.97 Å². The number of hydrogen-bond donors (Lipinski definition) is 1. The van der Waals surface area contributed by atoms with Gasteiger partial charge in [-0.25, -0.2) is 4.98 Å². The lowest BCUT2D eigenvalue weighted by Gasteiger charge is -2.32. The summed E-state index contributed by atoms with van der Waals surface area (Å²) in [5.41, 5.74) is 2.24. The minimum Gasteiger partial charge on any atom is -0.480 e. The molecule has 0 amide bonds. The summed E-state index contributed by atoms with van der Waals surface area (Å²) in [7, 11) is 0. The molecule has 0 saturated carbocycles. The van der Waals surface area contributed by atoms with Crippen molar-refractivity contribution in [2.24, 2.45) is 0 Å². The molecule has 1 unspecified atom stereocenters. The van der Waals surface area contributed by atoms with E-state index in [0.29, 0.717) is 6.54 Å². The molecule has 2 aromatic rings. The summed E-state index contributed by atoms with van der Waals surface area (Å²) in [6, 6.07) is 9.94.